The summed E-state index contributed by atoms with van der Waals surface area (Å²) in [5.41, 5.74) is -0.337. The van der Waals surface area contributed by atoms with Gasteiger partial charge in [0.05, 0.1) is 12.7 Å². The molecule has 10 atom stereocenters. The molecule has 0 radical (unpaired) electrons. The van der Waals surface area contributed by atoms with Crippen molar-refractivity contribution in [2.45, 2.75) is 68.3 Å². The summed E-state index contributed by atoms with van der Waals surface area (Å²) >= 11 is 0. The first-order valence-corrected chi connectivity index (χ1v) is 10.4. The molecule has 2 fully saturated rings. The molecule has 2 aliphatic heterocycles. The Morgan fingerprint density at radius 2 is 1.61 bits per heavy atom. The van der Waals surface area contributed by atoms with E-state index in [9.17, 15) is 35.4 Å². The third-order valence-corrected chi connectivity index (χ3v) is 5.77. The van der Waals surface area contributed by atoms with Crippen molar-refractivity contribution in [1.29, 1.82) is 0 Å². The van der Waals surface area contributed by atoms with Crippen LogP contribution in [0.2, 0.25) is 0 Å². The lowest BCUT2D eigenvalue weighted by Crippen LogP contribution is -2.64. The smallest absolute Gasteiger partial charge is 0.336 e. The van der Waals surface area contributed by atoms with E-state index in [-0.39, 0.29) is 11.3 Å². The van der Waals surface area contributed by atoms with E-state index in [0.717, 1.165) is 0 Å². The van der Waals surface area contributed by atoms with Crippen LogP contribution in [0.1, 0.15) is 6.92 Å². The van der Waals surface area contributed by atoms with Crippen molar-refractivity contribution in [3.8, 4) is 5.75 Å². The minimum atomic E-state index is -1.67. The van der Waals surface area contributed by atoms with Crippen LogP contribution in [-0.4, -0.2) is 98.7 Å². The number of aliphatic hydroxyl groups is 6. The first kappa shape index (κ1) is 24.0. The van der Waals surface area contributed by atoms with Crippen LogP contribution < -0.4 is 10.4 Å². The topological polar surface area (TPSA) is 189 Å². The van der Waals surface area contributed by atoms with E-state index < -0.39 is 73.6 Å². The highest BCUT2D eigenvalue weighted by Crippen LogP contribution is 2.31. The number of ether oxygens (including phenoxy) is 4. The van der Waals surface area contributed by atoms with E-state index in [2.05, 4.69) is 0 Å². The molecule has 4 rings (SSSR count). The van der Waals surface area contributed by atoms with E-state index in [1.807, 2.05) is 0 Å². The molecule has 0 saturated carbocycles. The predicted octanol–water partition coefficient (Wildman–Crippen LogP) is -2.18. The van der Waals surface area contributed by atoms with Gasteiger partial charge in [0.2, 0.25) is 6.29 Å². The Morgan fingerprint density at radius 1 is 0.879 bits per heavy atom. The molecule has 0 amide bonds. The lowest BCUT2D eigenvalue weighted by Gasteiger charge is -2.45. The number of hydrogen-bond donors (Lipinski definition) is 6. The number of fused-ring (bicyclic) bond motifs is 1. The second-order valence-electron chi connectivity index (χ2n) is 8.06. The zero-order chi connectivity index (χ0) is 23.9. The maximum Gasteiger partial charge on any atom is 0.336 e. The number of rotatable bonds is 5. The molecule has 0 bridgehead atoms. The second-order valence-corrected chi connectivity index (χ2v) is 8.06. The molecule has 3 heterocycles. The maximum atomic E-state index is 11.5. The largest absolute Gasteiger partial charge is 0.462 e. The fraction of sp³-hybridized carbons (Fsp3) is 0.571. The van der Waals surface area contributed by atoms with Crippen LogP contribution in [-0.2, 0) is 14.2 Å². The van der Waals surface area contributed by atoms with Gasteiger partial charge in [0.15, 0.2) is 12.4 Å². The lowest BCUT2D eigenvalue weighted by molar-refractivity contribution is -0.354. The zero-order valence-corrected chi connectivity index (χ0v) is 17.5. The molecule has 0 spiro atoms. The van der Waals surface area contributed by atoms with Gasteiger partial charge in [-0.1, -0.05) is 0 Å². The summed E-state index contributed by atoms with van der Waals surface area (Å²) in [6, 6.07) is 7.41. The van der Waals surface area contributed by atoms with Crippen molar-refractivity contribution < 1.29 is 54.0 Å². The van der Waals surface area contributed by atoms with Gasteiger partial charge < -0.3 is 54.0 Å². The molecule has 33 heavy (non-hydrogen) atoms. The third-order valence-electron chi connectivity index (χ3n) is 5.77. The van der Waals surface area contributed by atoms with E-state index in [0.29, 0.717) is 5.39 Å². The van der Waals surface area contributed by atoms with Crippen LogP contribution in [0.4, 0.5) is 0 Å². The predicted molar refractivity (Wildman–Crippen MR) is 108 cm³/mol. The quantitative estimate of drug-likeness (QED) is 0.260. The Bertz CT molecular complexity index is 1010. The van der Waals surface area contributed by atoms with Gasteiger partial charge in [-0.2, -0.15) is 0 Å². The van der Waals surface area contributed by atoms with Crippen molar-refractivity contribution in [3.05, 3.63) is 40.8 Å². The summed E-state index contributed by atoms with van der Waals surface area (Å²) in [4.78, 5) is 11.5. The first-order valence-electron chi connectivity index (χ1n) is 10.4. The highest BCUT2D eigenvalue weighted by Gasteiger charge is 2.50. The Hall–Kier alpha value is -2.13. The molecular weight excluding hydrogens is 444 g/mol. The van der Waals surface area contributed by atoms with Crippen molar-refractivity contribution in [1.82, 2.24) is 0 Å². The summed E-state index contributed by atoms with van der Waals surface area (Å²) < 4.78 is 27.5. The van der Waals surface area contributed by atoms with E-state index in [1.165, 1.54) is 19.1 Å². The lowest BCUT2D eigenvalue weighted by atomic mass is 9.97. The molecule has 2 aliphatic rings. The summed E-state index contributed by atoms with van der Waals surface area (Å²) in [6.07, 6.45) is -14.3. The van der Waals surface area contributed by atoms with Crippen LogP contribution in [0.5, 0.6) is 5.75 Å². The van der Waals surface area contributed by atoms with Crippen LogP contribution >= 0.6 is 0 Å². The summed E-state index contributed by atoms with van der Waals surface area (Å²) in [5.74, 6) is 0.157. The normalized spacial score (nSPS) is 39.5. The summed E-state index contributed by atoms with van der Waals surface area (Å²) in [5, 5.41) is 61.2. The van der Waals surface area contributed by atoms with Crippen LogP contribution in [0.3, 0.4) is 0 Å². The zero-order valence-electron chi connectivity index (χ0n) is 17.5. The van der Waals surface area contributed by atoms with Crippen molar-refractivity contribution in [2.24, 2.45) is 0 Å². The summed E-state index contributed by atoms with van der Waals surface area (Å²) in [7, 11) is 0. The molecule has 1 aromatic heterocycles. The number of aliphatic hydroxyl groups excluding tert-OH is 6. The fourth-order valence-corrected chi connectivity index (χ4v) is 3.83. The van der Waals surface area contributed by atoms with Gasteiger partial charge in [-0.15, -0.1) is 0 Å². The van der Waals surface area contributed by atoms with E-state index in [1.54, 1.807) is 18.2 Å². The van der Waals surface area contributed by atoms with Gasteiger partial charge >= 0.3 is 5.63 Å². The maximum absolute atomic E-state index is 11.5. The minimum absolute atomic E-state index is 0.157. The first-order chi connectivity index (χ1) is 15.7. The van der Waals surface area contributed by atoms with E-state index >= 15 is 0 Å². The average molecular weight is 470 g/mol. The minimum Gasteiger partial charge on any atom is -0.462 e. The second kappa shape index (κ2) is 9.62. The van der Waals surface area contributed by atoms with Gasteiger partial charge in [-0.25, -0.2) is 4.79 Å². The molecule has 2 saturated heterocycles. The van der Waals surface area contributed by atoms with Crippen LogP contribution in [0.25, 0.3) is 11.0 Å². The highest BCUT2D eigenvalue weighted by molar-refractivity contribution is 5.77. The Labute approximate surface area is 187 Å². The van der Waals surface area contributed by atoms with Crippen LogP contribution in [0.15, 0.2) is 39.5 Å². The SMILES string of the molecule is C[C@@H]1O[C@@H](O[C@H]2[C@H](Oc3ccc4ccc(=O)oc4c3)O[C@H](CO)[C@@H](O)[C@@H]2O)[C@H](O)[C@H](O)[C@H]1O. The van der Waals surface area contributed by atoms with Crippen molar-refractivity contribution in [3.63, 3.8) is 0 Å². The van der Waals surface area contributed by atoms with Crippen molar-refractivity contribution >= 4 is 11.0 Å². The standard InChI is InChI=1S/C21H26O12/c1-8-14(24)16(26)18(28)20(29-8)33-19-17(27)15(25)12(7-22)32-21(19)30-10-4-2-9-3-5-13(23)31-11(9)6-10/h2-6,8,12,14-22,24-28H,7H2,1H3/t8-,12+,14-,15+,16+,17-,18+,19+,20-,21+/m0/s1. The molecular formula is C21H26O12. The van der Waals surface area contributed by atoms with Gasteiger partial charge in [-0.05, 0) is 25.1 Å². The van der Waals surface area contributed by atoms with E-state index in [4.69, 9.17) is 23.4 Å². The molecule has 0 aliphatic carbocycles. The molecule has 6 N–H and O–H groups in total. The average Bonchev–Trinajstić information content (AvgIpc) is 2.80. The molecule has 12 heteroatoms. The third kappa shape index (κ3) is 4.75. The Morgan fingerprint density at radius 3 is 2.33 bits per heavy atom. The van der Waals surface area contributed by atoms with Gasteiger partial charge in [0.1, 0.15) is 48.0 Å². The monoisotopic (exact) mass is 470 g/mol. The number of benzene rings is 1. The molecule has 1 aromatic carbocycles. The molecule has 0 unspecified atom stereocenters. The van der Waals surface area contributed by atoms with Gasteiger partial charge in [-0.3, -0.25) is 0 Å². The molecule has 2 aromatic rings. The molecule has 182 valence electrons. The van der Waals surface area contributed by atoms with Crippen molar-refractivity contribution in [2.75, 3.05) is 6.61 Å². The Kier molecular flexibility index (Phi) is 7.00. The molecule has 12 nitrogen and oxygen atoms in total. The summed E-state index contributed by atoms with van der Waals surface area (Å²) in [6.45, 7) is 0.819. The van der Waals surface area contributed by atoms with Crippen LogP contribution in [0, 0.1) is 0 Å². The Balaban J connectivity index is 1.60. The van der Waals surface area contributed by atoms with Gasteiger partial charge in [0.25, 0.3) is 0 Å². The highest BCUT2D eigenvalue weighted by atomic mass is 16.8. The number of hydrogen-bond acceptors (Lipinski definition) is 12. The van der Waals surface area contributed by atoms with Gasteiger partial charge in [0, 0.05) is 17.5 Å². The fourth-order valence-electron chi connectivity index (χ4n) is 3.83.